The van der Waals surface area contributed by atoms with Crippen molar-refractivity contribution in [3.63, 3.8) is 0 Å². The quantitative estimate of drug-likeness (QED) is 0.791. The van der Waals surface area contributed by atoms with Crippen molar-refractivity contribution in [2.75, 3.05) is 33.8 Å². The Morgan fingerprint density at radius 2 is 1.75 bits per heavy atom. The fraction of sp³-hybridized carbons (Fsp3) is 0.556. The number of piperidine rings is 1. The molecular weight excluding hydrogens is 306 g/mol. The van der Waals surface area contributed by atoms with Gasteiger partial charge < -0.3 is 9.64 Å². The van der Waals surface area contributed by atoms with E-state index in [1.54, 1.807) is 19.1 Å². The number of hydrogen-bond donors (Lipinski definition) is 0. The van der Waals surface area contributed by atoms with Crippen LogP contribution in [0.5, 0.6) is 5.75 Å². The van der Waals surface area contributed by atoms with E-state index < -0.39 is 5.54 Å². The van der Waals surface area contributed by atoms with Crippen molar-refractivity contribution in [1.82, 2.24) is 14.7 Å². The lowest BCUT2D eigenvalue weighted by Crippen LogP contribution is -2.56. The van der Waals surface area contributed by atoms with Crippen LogP contribution in [-0.2, 0) is 11.3 Å². The third-order valence-electron chi connectivity index (χ3n) is 5.30. The number of carbonyl (C=O) groups excluding carboxylic acids is 2. The van der Waals surface area contributed by atoms with Crippen LogP contribution in [0.25, 0.3) is 0 Å². The lowest BCUT2D eigenvalue weighted by molar-refractivity contribution is -0.134. The van der Waals surface area contributed by atoms with Crippen molar-refractivity contribution in [1.29, 1.82) is 0 Å². The number of likely N-dealkylation sites (N-methyl/N-ethyl adjacent to an activating group) is 2. The molecule has 6 nitrogen and oxygen atoms in total. The van der Waals surface area contributed by atoms with Gasteiger partial charge in [-0.05, 0) is 37.5 Å². The van der Waals surface area contributed by atoms with Crippen molar-refractivity contribution >= 4 is 11.9 Å². The number of likely N-dealkylation sites (tertiary alicyclic amines) is 1. The number of benzene rings is 1. The minimum absolute atomic E-state index is 0.0431. The maximum absolute atomic E-state index is 12.6. The second kappa shape index (κ2) is 6.43. The highest BCUT2D eigenvalue weighted by atomic mass is 16.5. The first-order chi connectivity index (χ1) is 11.5. The van der Waals surface area contributed by atoms with Crippen molar-refractivity contribution < 1.29 is 14.3 Å². The number of urea groups is 1. The van der Waals surface area contributed by atoms with E-state index in [9.17, 15) is 9.59 Å². The highest BCUT2D eigenvalue weighted by Gasteiger charge is 2.56. The van der Waals surface area contributed by atoms with E-state index in [2.05, 4.69) is 17.0 Å². The lowest BCUT2D eigenvalue weighted by Gasteiger charge is -2.41. The molecule has 2 aliphatic heterocycles. The van der Waals surface area contributed by atoms with Crippen LogP contribution in [0.4, 0.5) is 4.79 Å². The summed E-state index contributed by atoms with van der Waals surface area (Å²) >= 11 is 0. The zero-order chi connectivity index (χ0) is 17.3. The molecule has 0 radical (unpaired) electrons. The topological polar surface area (TPSA) is 53.1 Å². The van der Waals surface area contributed by atoms with E-state index in [0.29, 0.717) is 19.4 Å². The van der Waals surface area contributed by atoms with Crippen molar-refractivity contribution in [3.05, 3.63) is 29.8 Å². The third kappa shape index (κ3) is 2.65. The molecule has 2 saturated heterocycles. The molecule has 1 aromatic carbocycles. The maximum Gasteiger partial charge on any atom is 0.327 e. The molecule has 0 aliphatic carbocycles. The first kappa shape index (κ1) is 16.8. The first-order valence-corrected chi connectivity index (χ1v) is 8.47. The normalized spacial score (nSPS) is 21.0. The molecule has 1 aromatic rings. The standard InChI is InChI=1S/C18H25N3O3/c1-4-21-17(23)19(2)16(22)18(21)9-11-20(12-10-18)13-14-5-7-15(24-3)8-6-14/h5-8H,4,9-13H2,1-3H3. The Labute approximate surface area is 143 Å². The fourth-order valence-corrected chi connectivity index (χ4v) is 3.87. The van der Waals surface area contributed by atoms with Crippen LogP contribution < -0.4 is 4.74 Å². The van der Waals surface area contributed by atoms with Crippen molar-refractivity contribution in [2.24, 2.45) is 0 Å². The lowest BCUT2D eigenvalue weighted by atomic mass is 9.85. The van der Waals surface area contributed by atoms with Crippen LogP contribution in [0.1, 0.15) is 25.3 Å². The van der Waals surface area contributed by atoms with E-state index in [-0.39, 0.29) is 11.9 Å². The molecule has 0 N–H and O–H groups in total. The summed E-state index contributed by atoms with van der Waals surface area (Å²) in [6.45, 7) is 5.00. The summed E-state index contributed by atoms with van der Waals surface area (Å²) in [6.07, 6.45) is 1.40. The smallest absolute Gasteiger partial charge is 0.327 e. The number of amides is 3. The zero-order valence-corrected chi connectivity index (χ0v) is 14.6. The molecule has 1 spiro atoms. The van der Waals surface area contributed by atoms with Gasteiger partial charge in [0.05, 0.1) is 7.11 Å². The third-order valence-corrected chi connectivity index (χ3v) is 5.30. The molecule has 2 heterocycles. The second-order valence-corrected chi connectivity index (χ2v) is 6.55. The molecular formula is C18H25N3O3. The minimum atomic E-state index is -0.628. The van der Waals surface area contributed by atoms with Gasteiger partial charge in [-0.1, -0.05) is 12.1 Å². The number of methoxy groups -OCH3 is 1. The van der Waals surface area contributed by atoms with Gasteiger partial charge in [0.25, 0.3) is 5.91 Å². The van der Waals surface area contributed by atoms with E-state index in [4.69, 9.17) is 4.74 Å². The van der Waals surface area contributed by atoms with Crippen LogP contribution in [-0.4, -0.2) is 66.0 Å². The number of hydrogen-bond acceptors (Lipinski definition) is 4. The maximum atomic E-state index is 12.6. The molecule has 130 valence electrons. The Morgan fingerprint density at radius 1 is 1.12 bits per heavy atom. The molecule has 24 heavy (non-hydrogen) atoms. The highest BCUT2D eigenvalue weighted by molar-refractivity contribution is 6.06. The summed E-state index contributed by atoms with van der Waals surface area (Å²) in [7, 11) is 3.25. The van der Waals surface area contributed by atoms with Crippen LogP contribution in [0, 0.1) is 0 Å². The number of carbonyl (C=O) groups is 2. The number of nitrogens with zero attached hydrogens (tertiary/aromatic N) is 3. The van der Waals surface area contributed by atoms with Gasteiger partial charge in [-0.3, -0.25) is 14.6 Å². The number of rotatable bonds is 4. The molecule has 0 aromatic heterocycles. The number of imide groups is 1. The molecule has 0 atom stereocenters. The summed E-state index contributed by atoms with van der Waals surface area (Å²) < 4.78 is 5.19. The largest absolute Gasteiger partial charge is 0.497 e. The summed E-state index contributed by atoms with van der Waals surface area (Å²) in [5.41, 5.74) is 0.599. The Balaban J connectivity index is 1.66. The van der Waals surface area contributed by atoms with E-state index in [1.165, 1.54) is 10.5 Å². The SMILES string of the molecule is CCN1C(=O)N(C)C(=O)C12CCN(Cc1ccc(OC)cc1)CC2. The van der Waals surface area contributed by atoms with E-state index >= 15 is 0 Å². The molecule has 0 unspecified atom stereocenters. The van der Waals surface area contributed by atoms with Crippen molar-refractivity contribution in [3.8, 4) is 5.75 Å². The van der Waals surface area contributed by atoms with Crippen molar-refractivity contribution in [2.45, 2.75) is 31.8 Å². The monoisotopic (exact) mass is 331 g/mol. The van der Waals surface area contributed by atoms with Gasteiger partial charge in [0.1, 0.15) is 11.3 Å². The Kier molecular flexibility index (Phi) is 4.49. The summed E-state index contributed by atoms with van der Waals surface area (Å²) in [4.78, 5) is 30.3. The molecule has 3 rings (SSSR count). The zero-order valence-electron chi connectivity index (χ0n) is 14.6. The van der Waals surface area contributed by atoms with Crippen LogP contribution in [0.3, 0.4) is 0 Å². The Bertz CT molecular complexity index is 621. The van der Waals surface area contributed by atoms with Crippen LogP contribution in [0.2, 0.25) is 0 Å². The minimum Gasteiger partial charge on any atom is -0.497 e. The van der Waals surface area contributed by atoms with Gasteiger partial charge in [0.15, 0.2) is 0 Å². The van der Waals surface area contributed by atoms with Gasteiger partial charge in [-0.15, -0.1) is 0 Å². The van der Waals surface area contributed by atoms with Gasteiger partial charge in [0.2, 0.25) is 0 Å². The predicted octanol–water partition coefficient (Wildman–Crippen LogP) is 1.94. The molecule has 3 amide bonds. The van der Waals surface area contributed by atoms with Gasteiger partial charge in [0, 0.05) is 33.2 Å². The molecule has 2 aliphatic rings. The van der Waals surface area contributed by atoms with E-state index in [1.807, 2.05) is 19.1 Å². The van der Waals surface area contributed by atoms with Crippen LogP contribution in [0.15, 0.2) is 24.3 Å². The second-order valence-electron chi connectivity index (χ2n) is 6.55. The molecule has 0 saturated carbocycles. The average Bonchev–Trinajstić information content (AvgIpc) is 2.79. The summed E-state index contributed by atoms with van der Waals surface area (Å²) in [6, 6.07) is 7.91. The van der Waals surface area contributed by atoms with Gasteiger partial charge >= 0.3 is 6.03 Å². The Hall–Kier alpha value is -2.08. The predicted molar refractivity (Wildman–Crippen MR) is 90.8 cm³/mol. The van der Waals surface area contributed by atoms with Gasteiger partial charge in [-0.2, -0.15) is 0 Å². The summed E-state index contributed by atoms with van der Waals surface area (Å²) in [5.74, 6) is 0.812. The average molecular weight is 331 g/mol. The summed E-state index contributed by atoms with van der Waals surface area (Å²) in [5, 5.41) is 0. The molecule has 6 heteroatoms. The highest BCUT2D eigenvalue weighted by Crippen LogP contribution is 2.36. The van der Waals surface area contributed by atoms with Gasteiger partial charge in [-0.25, -0.2) is 4.79 Å². The molecule has 0 bridgehead atoms. The van der Waals surface area contributed by atoms with E-state index in [0.717, 1.165) is 25.4 Å². The van der Waals surface area contributed by atoms with Crippen LogP contribution >= 0.6 is 0 Å². The number of ether oxygens (including phenoxy) is 1. The molecule has 2 fully saturated rings. The first-order valence-electron chi connectivity index (χ1n) is 8.47. The fourth-order valence-electron chi connectivity index (χ4n) is 3.87. The Morgan fingerprint density at radius 3 is 2.29 bits per heavy atom.